The van der Waals surface area contributed by atoms with Gasteiger partial charge in [0.2, 0.25) is 0 Å². The molecular formula is C15H26N2O. The molecule has 1 aromatic rings. The molecule has 0 saturated heterocycles. The summed E-state index contributed by atoms with van der Waals surface area (Å²) in [5.74, 6) is 1.54. The van der Waals surface area contributed by atoms with Crippen LogP contribution in [0, 0.1) is 19.8 Å². The van der Waals surface area contributed by atoms with Gasteiger partial charge in [-0.1, -0.05) is 19.4 Å². The summed E-state index contributed by atoms with van der Waals surface area (Å²) < 4.78 is 5.32. The van der Waals surface area contributed by atoms with Gasteiger partial charge in [-0.05, 0) is 55.6 Å². The van der Waals surface area contributed by atoms with Gasteiger partial charge in [-0.3, -0.25) is 0 Å². The molecular weight excluding hydrogens is 224 g/mol. The first-order valence-electron chi connectivity index (χ1n) is 6.67. The van der Waals surface area contributed by atoms with Gasteiger partial charge in [0.05, 0.1) is 7.11 Å². The first kappa shape index (κ1) is 15.0. The lowest BCUT2D eigenvalue weighted by Gasteiger charge is -2.15. The third kappa shape index (κ3) is 4.00. The molecule has 102 valence electrons. The first-order valence-corrected chi connectivity index (χ1v) is 6.67. The second-order valence-corrected chi connectivity index (χ2v) is 4.89. The molecule has 0 aliphatic rings. The summed E-state index contributed by atoms with van der Waals surface area (Å²) in [5, 5.41) is 3.49. The van der Waals surface area contributed by atoms with Gasteiger partial charge in [-0.25, -0.2) is 0 Å². The molecule has 1 rings (SSSR count). The summed E-state index contributed by atoms with van der Waals surface area (Å²) in [4.78, 5) is 0. The smallest absolute Gasteiger partial charge is 0.122 e. The van der Waals surface area contributed by atoms with Crippen molar-refractivity contribution in [2.75, 3.05) is 20.2 Å². The van der Waals surface area contributed by atoms with Crippen LogP contribution in [0.25, 0.3) is 0 Å². The fourth-order valence-electron chi connectivity index (χ4n) is 2.07. The third-order valence-corrected chi connectivity index (χ3v) is 3.51. The SMILES string of the molecule is CCC(CN)CNCc1cc(C)c(OC)cc1C. The summed E-state index contributed by atoms with van der Waals surface area (Å²) in [6.45, 7) is 9.02. The summed E-state index contributed by atoms with van der Waals surface area (Å²) in [7, 11) is 1.72. The second-order valence-electron chi connectivity index (χ2n) is 4.89. The Morgan fingerprint density at radius 1 is 1.28 bits per heavy atom. The van der Waals surface area contributed by atoms with E-state index in [-0.39, 0.29) is 0 Å². The van der Waals surface area contributed by atoms with Crippen LogP contribution in [-0.2, 0) is 6.54 Å². The maximum absolute atomic E-state index is 5.70. The molecule has 0 fully saturated rings. The normalized spacial score (nSPS) is 12.5. The van der Waals surface area contributed by atoms with E-state index in [1.54, 1.807) is 7.11 Å². The van der Waals surface area contributed by atoms with Crippen LogP contribution in [0.15, 0.2) is 12.1 Å². The summed E-state index contributed by atoms with van der Waals surface area (Å²) in [6.07, 6.45) is 1.13. The quantitative estimate of drug-likeness (QED) is 0.781. The van der Waals surface area contributed by atoms with Crippen LogP contribution in [0.3, 0.4) is 0 Å². The summed E-state index contributed by atoms with van der Waals surface area (Å²) in [6, 6.07) is 4.30. The van der Waals surface area contributed by atoms with Crippen molar-refractivity contribution in [3.8, 4) is 5.75 Å². The van der Waals surface area contributed by atoms with E-state index < -0.39 is 0 Å². The van der Waals surface area contributed by atoms with Crippen molar-refractivity contribution in [2.24, 2.45) is 11.7 Å². The fraction of sp³-hybridized carbons (Fsp3) is 0.600. The van der Waals surface area contributed by atoms with Gasteiger partial charge in [0.1, 0.15) is 5.75 Å². The number of benzene rings is 1. The minimum atomic E-state index is 0.574. The van der Waals surface area contributed by atoms with E-state index in [0.29, 0.717) is 5.92 Å². The molecule has 0 spiro atoms. The maximum atomic E-state index is 5.70. The van der Waals surface area contributed by atoms with Crippen molar-refractivity contribution in [1.29, 1.82) is 0 Å². The lowest BCUT2D eigenvalue weighted by Crippen LogP contribution is -2.27. The zero-order valence-electron chi connectivity index (χ0n) is 12.0. The topological polar surface area (TPSA) is 47.3 Å². The molecule has 3 N–H and O–H groups in total. The maximum Gasteiger partial charge on any atom is 0.122 e. The minimum absolute atomic E-state index is 0.574. The number of hydrogen-bond acceptors (Lipinski definition) is 3. The standard InChI is InChI=1S/C15H26N2O/c1-5-13(8-16)9-17-10-14-6-12(3)15(18-4)7-11(14)2/h6-7,13,17H,5,8-10,16H2,1-4H3. The number of nitrogens with two attached hydrogens (primary N) is 1. The molecule has 0 saturated carbocycles. The van der Waals surface area contributed by atoms with Crippen molar-refractivity contribution < 1.29 is 4.74 Å². The van der Waals surface area contributed by atoms with E-state index in [4.69, 9.17) is 10.5 Å². The molecule has 0 amide bonds. The number of rotatable bonds is 7. The molecule has 3 heteroatoms. The van der Waals surface area contributed by atoms with Gasteiger partial charge >= 0.3 is 0 Å². The molecule has 1 unspecified atom stereocenters. The van der Waals surface area contributed by atoms with Crippen LogP contribution in [0.5, 0.6) is 5.75 Å². The van der Waals surface area contributed by atoms with E-state index in [0.717, 1.165) is 31.8 Å². The van der Waals surface area contributed by atoms with Gasteiger partial charge in [-0.15, -0.1) is 0 Å². The Morgan fingerprint density at radius 3 is 2.56 bits per heavy atom. The molecule has 18 heavy (non-hydrogen) atoms. The molecule has 0 aromatic heterocycles. The Balaban J connectivity index is 2.60. The van der Waals surface area contributed by atoms with Gasteiger partial charge in [-0.2, -0.15) is 0 Å². The fourth-order valence-corrected chi connectivity index (χ4v) is 2.07. The average Bonchev–Trinajstić information content (AvgIpc) is 2.38. The Hall–Kier alpha value is -1.06. The lowest BCUT2D eigenvalue weighted by molar-refractivity contribution is 0.411. The van der Waals surface area contributed by atoms with E-state index in [1.165, 1.54) is 16.7 Å². The van der Waals surface area contributed by atoms with Gasteiger partial charge in [0.25, 0.3) is 0 Å². The van der Waals surface area contributed by atoms with Gasteiger partial charge in [0, 0.05) is 6.54 Å². The lowest BCUT2D eigenvalue weighted by atomic mass is 10.0. The molecule has 1 atom stereocenters. The highest BCUT2D eigenvalue weighted by molar-refractivity contribution is 5.41. The monoisotopic (exact) mass is 250 g/mol. The number of nitrogens with one attached hydrogen (secondary N) is 1. The molecule has 0 radical (unpaired) electrons. The highest BCUT2D eigenvalue weighted by Gasteiger charge is 2.06. The Kier molecular flexibility index (Phi) is 6.16. The van der Waals surface area contributed by atoms with Gasteiger partial charge < -0.3 is 15.8 Å². The van der Waals surface area contributed by atoms with Crippen molar-refractivity contribution in [1.82, 2.24) is 5.32 Å². The minimum Gasteiger partial charge on any atom is -0.496 e. The van der Waals surface area contributed by atoms with Crippen LogP contribution >= 0.6 is 0 Å². The average molecular weight is 250 g/mol. The zero-order chi connectivity index (χ0) is 13.5. The Bertz CT molecular complexity index is 373. The largest absolute Gasteiger partial charge is 0.496 e. The summed E-state index contributed by atoms with van der Waals surface area (Å²) >= 11 is 0. The van der Waals surface area contributed by atoms with Crippen molar-refractivity contribution in [2.45, 2.75) is 33.7 Å². The second kappa shape index (κ2) is 7.39. The molecule has 3 nitrogen and oxygen atoms in total. The van der Waals surface area contributed by atoms with E-state index in [1.807, 2.05) is 0 Å². The predicted octanol–water partition coefficient (Wildman–Crippen LogP) is 2.39. The number of methoxy groups -OCH3 is 1. The van der Waals surface area contributed by atoms with Crippen molar-refractivity contribution in [3.05, 3.63) is 28.8 Å². The van der Waals surface area contributed by atoms with E-state index >= 15 is 0 Å². The highest BCUT2D eigenvalue weighted by Crippen LogP contribution is 2.22. The molecule has 0 heterocycles. The number of ether oxygens (including phenoxy) is 1. The Labute approximate surface area is 111 Å². The van der Waals surface area contributed by atoms with E-state index in [2.05, 4.69) is 38.2 Å². The third-order valence-electron chi connectivity index (χ3n) is 3.51. The Morgan fingerprint density at radius 2 is 2.00 bits per heavy atom. The van der Waals surface area contributed by atoms with Crippen molar-refractivity contribution in [3.63, 3.8) is 0 Å². The molecule has 0 aliphatic carbocycles. The van der Waals surface area contributed by atoms with Gasteiger partial charge in [0.15, 0.2) is 0 Å². The summed E-state index contributed by atoms with van der Waals surface area (Å²) in [5.41, 5.74) is 9.49. The molecule has 1 aromatic carbocycles. The zero-order valence-corrected chi connectivity index (χ0v) is 12.0. The first-order chi connectivity index (χ1) is 8.62. The molecule has 0 aliphatic heterocycles. The van der Waals surface area contributed by atoms with Crippen LogP contribution < -0.4 is 15.8 Å². The molecule has 0 bridgehead atoms. The van der Waals surface area contributed by atoms with Crippen LogP contribution in [0.4, 0.5) is 0 Å². The predicted molar refractivity (Wildman–Crippen MR) is 77.0 cm³/mol. The highest BCUT2D eigenvalue weighted by atomic mass is 16.5. The van der Waals surface area contributed by atoms with Crippen molar-refractivity contribution >= 4 is 0 Å². The van der Waals surface area contributed by atoms with Crippen LogP contribution in [0.1, 0.15) is 30.0 Å². The van der Waals surface area contributed by atoms with Crippen LogP contribution in [-0.4, -0.2) is 20.2 Å². The van der Waals surface area contributed by atoms with Crippen LogP contribution in [0.2, 0.25) is 0 Å². The number of hydrogen-bond donors (Lipinski definition) is 2. The number of aryl methyl sites for hydroxylation is 2. The van der Waals surface area contributed by atoms with E-state index in [9.17, 15) is 0 Å².